The third-order valence-electron chi connectivity index (χ3n) is 2.77. The summed E-state index contributed by atoms with van der Waals surface area (Å²) in [6, 6.07) is 16.1. The fraction of sp³-hybridized carbons (Fsp3) is 0.188. The van der Waals surface area contributed by atoms with E-state index in [-0.39, 0.29) is 5.82 Å². The Hall–Kier alpha value is -2.34. The van der Waals surface area contributed by atoms with Gasteiger partial charge in [-0.2, -0.15) is 5.26 Å². The van der Waals surface area contributed by atoms with Gasteiger partial charge in [0.25, 0.3) is 0 Å². The lowest BCUT2D eigenvalue weighted by molar-refractivity contribution is 0.306. The standard InChI is InChI=1S/C16H14FNO/c17-15-7-3-14(4-8-15)12-19-16-9-5-13(6-10-16)2-1-11-18/h3-10H,1-2,12H2. The van der Waals surface area contributed by atoms with E-state index in [1.54, 1.807) is 12.1 Å². The van der Waals surface area contributed by atoms with Crippen molar-refractivity contribution in [2.75, 3.05) is 0 Å². The Kier molecular flexibility index (Phi) is 4.52. The molecule has 3 heteroatoms. The van der Waals surface area contributed by atoms with Gasteiger partial charge in [0.1, 0.15) is 18.2 Å². The first-order valence-electron chi connectivity index (χ1n) is 6.11. The average Bonchev–Trinajstić information content (AvgIpc) is 2.46. The van der Waals surface area contributed by atoms with Crippen molar-refractivity contribution in [1.82, 2.24) is 0 Å². The minimum absolute atomic E-state index is 0.245. The van der Waals surface area contributed by atoms with E-state index >= 15 is 0 Å². The van der Waals surface area contributed by atoms with E-state index in [1.165, 1.54) is 12.1 Å². The number of hydrogen-bond acceptors (Lipinski definition) is 2. The van der Waals surface area contributed by atoms with Crippen LogP contribution in [-0.2, 0) is 13.0 Å². The maximum Gasteiger partial charge on any atom is 0.123 e. The Morgan fingerprint density at radius 3 is 2.21 bits per heavy atom. The highest BCUT2D eigenvalue weighted by molar-refractivity contribution is 5.28. The van der Waals surface area contributed by atoms with Crippen LogP contribution in [0.25, 0.3) is 0 Å². The molecule has 0 saturated heterocycles. The second-order valence-electron chi connectivity index (χ2n) is 4.22. The Morgan fingerprint density at radius 1 is 0.947 bits per heavy atom. The van der Waals surface area contributed by atoms with Crippen molar-refractivity contribution in [3.05, 3.63) is 65.5 Å². The van der Waals surface area contributed by atoms with Gasteiger partial charge in [-0.05, 0) is 41.8 Å². The molecular weight excluding hydrogens is 241 g/mol. The smallest absolute Gasteiger partial charge is 0.123 e. The van der Waals surface area contributed by atoms with Gasteiger partial charge in [0.15, 0.2) is 0 Å². The Labute approximate surface area is 112 Å². The van der Waals surface area contributed by atoms with E-state index in [9.17, 15) is 4.39 Å². The van der Waals surface area contributed by atoms with Gasteiger partial charge in [-0.15, -0.1) is 0 Å². The van der Waals surface area contributed by atoms with Crippen molar-refractivity contribution in [3.63, 3.8) is 0 Å². The second-order valence-corrected chi connectivity index (χ2v) is 4.22. The highest BCUT2D eigenvalue weighted by Crippen LogP contribution is 2.15. The van der Waals surface area contributed by atoms with E-state index < -0.39 is 0 Å². The topological polar surface area (TPSA) is 33.0 Å². The highest BCUT2D eigenvalue weighted by atomic mass is 19.1. The highest BCUT2D eigenvalue weighted by Gasteiger charge is 1.98. The molecule has 0 bridgehead atoms. The Balaban J connectivity index is 1.89. The van der Waals surface area contributed by atoms with Crippen LogP contribution in [0.5, 0.6) is 5.75 Å². The molecule has 2 aromatic rings. The van der Waals surface area contributed by atoms with Gasteiger partial charge in [-0.1, -0.05) is 24.3 Å². The zero-order chi connectivity index (χ0) is 13.5. The molecule has 0 atom stereocenters. The minimum Gasteiger partial charge on any atom is -0.489 e. The van der Waals surface area contributed by atoms with Crippen molar-refractivity contribution in [3.8, 4) is 11.8 Å². The molecule has 0 amide bonds. The Bertz CT molecular complexity index is 555. The maximum atomic E-state index is 12.7. The third kappa shape index (κ3) is 4.11. The number of ether oxygens (including phenoxy) is 1. The molecule has 0 aliphatic carbocycles. The molecular formula is C16H14FNO. The molecule has 19 heavy (non-hydrogen) atoms. The summed E-state index contributed by atoms with van der Waals surface area (Å²) in [6.45, 7) is 0.415. The van der Waals surface area contributed by atoms with E-state index in [0.29, 0.717) is 13.0 Å². The van der Waals surface area contributed by atoms with E-state index in [4.69, 9.17) is 10.00 Å². The van der Waals surface area contributed by atoms with Crippen LogP contribution in [0.3, 0.4) is 0 Å². The number of halogens is 1. The van der Waals surface area contributed by atoms with E-state index in [1.807, 2.05) is 24.3 Å². The Morgan fingerprint density at radius 2 is 1.58 bits per heavy atom. The largest absolute Gasteiger partial charge is 0.489 e. The molecule has 0 saturated carbocycles. The summed E-state index contributed by atoms with van der Waals surface area (Å²) in [4.78, 5) is 0. The van der Waals surface area contributed by atoms with E-state index in [2.05, 4.69) is 6.07 Å². The molecule has 0 aliphatic rings. The summed E-state index contributed by atoms with van der Waals surface area (Å²) in [5.41, 5.74) is 2.05. The van der Waals surface area contributed by atoms with Crippen LogP contribution in [0.2, 0.25) is 0 Å². The van der Waals surface area contributed by atoms with Gasteiger partial charge in [0, 0.05) is 6.42 Å². The summed E-state index contributed by atoms with van der Waals surface area (Å²) in [6.07, 6.45) is 1.28. The predicted molar refractivity (Wildman–Crippen MR) is 71.1 cm³/mol. The van der Waals surface area contributed by atoms with Crippen LogP contribution in [-0.4, -0.2) is 0 Å². The summed E-state index contributed by atoms with van der Waals surface area (Å²) in [5, 5.41) is 8.51. The van der Waals surface area contributed by atoms with Crippen molar-refractivity contribution >= 4 is 0 Å². The van der Waals surface area contributed by atoms with Gasteiger partial charge < -0.3 is 4.74 Å². The second kappa shape index (κ2) is 6.55. The van der Waals surface area contributed by atoms with Gasteiger partial charge >= 0.3 is 0 Å². The fourth-order valence-corrected chi connectivity index (χ4v) is 1.70. The monoisotopic (exact) mass is 255 g/mol. The molecule has 0 N–H and O–H groups in total. The van der Waals surface area contributed by atoms with Crippen LogP contribution in [0.15, 0.2) is 48.5 Å². The zero-order valence-electron chi connectivity index (χ0n) is 10.5. The fourth-order valence-electron chi connectivity index (χ4n) is 1.70. The number of aryl methyl sites for hydroxylation is 1. The molecule has 2 aromatic carbocycles. The van der Waals surface area contributed by atoms with Crippen molar-refractivity contribution in [2.24, 2.45) is 0 Å². The normalized spacial score (nSPS) is 9.89. The van der Waals surface area contributed by atoms with Gasteiger partial charge in [-0.25, -0.2) is 4.39 Å². The lowest BCUT2D eigenvalue weighted by Gasteiger charge is -2.07. The first-order chi connectivity index (χ1) is 9.28. The van der Waals surface area contributed by atoms with Crippen LogP contribution in [0.1, 0.15) is 17.5 Å². The molecule has 0 heterocycles. The number of benzene rings is 2. The first kappa shape index (κ1) is 13.1. The number of nitrogens with zero attached hydrogens (tertiary/aromatic N) is 1. The van der Waals surface area contributed by atoms with Gasteiger partial charge in [0.05, 0.1) is 6.07 Å². The van der Waals surface area contributed by atoms with Crippen molar-refractivity contribution < 1.29 is 9.13 Å². The van der Waals surface area contributed by atoms with Crippen LogP contribution in [0, 0.1) is 17.1 Å². The quantitative estimate of drug-likeness (QED) is 0.812. The summed E-state index contributed by atoms with van der Waals surface area (Å²) in [5.74, 6) is 0.524. The maximum absolute atomic E-state index is 12.7. The molecule has 96 valence electrons. The molecule has 0 unspecified atom stereocenters. The molecule has 0 spiro atoms. The molecule has 0 aromatic heterocycles. The average molecular weight is 255 g/mol. The summed E-state index contributed by atoms with van der Waals surface area (Å²) in [7, 11) is 0. The minimum atomic E-state index is -0.245. The lowest BCUT2D eigenvalue weighted by Crippen LogP contribution is -1.95. The van der Waals surface area contributed by atoms with Gasteiger partial charge in [0.2, 0.25) is 0 Å². The first-order valence-corrected chi connectivity index (χ1v) is 6.11. The number of rotatable bonds is 5. The number of nitriles is 1. The van der Waals surface area contributed by atoms with Gasteiger partial charge in [-0.3, -0.25) is 0 Å². The van der Waals surface area contributed by atoms with E-state index in [0.717, 1.165) is 23.3 Å². The molecule has 0 radical (unpaired) electrons. The number of hydrogen-bond donors (Lipinski definition) is 0. The molecule has 0 aliphatic heterocycles. The lowest BCUT2D eigenvalue weighted by atomic mass is 10.1. The zero-order valence-corrected chi connectivity index (χ0v) is 10.5. The molecule has 2 nitrogen and oxygen atoms in total. The SMILES string of the molecule is N#CCCc1ccc(OCc2ccc(F)cc2)cc1. The predicted octanol–water partition coefficient (Wildman–Crippen LogP) is 3.86. The van der Waals surface area contributed by atoms with Crippen LogP contribution >= 0.6 is 0 Å². The molecule has 2 rings (SSSR count). The van der Waals surface area contributed by atoms with Crippen LogP contribution < -0.4 is 4.74 Å². The summed E-state index contributed by atoms with van der Waals surface area (Å²) >= 11 is 0. The third-order valence-corrected chi connectivity index (χ3v) is 2.77. The van der Waals surface area contributed by atoms with Crippen LogP contribution in [0.4, 0.5) is 4.39 Å². The molecule has 0 fully saturated rings. The van der Waals surface area contributed by atoms with Crippen molar-refractivity contribution in [2.45, 2.75) is 19.4 Å². The van der Waals surface area contributed by atoms with Crippen molar-refractivity contribution in [1.29, 1.82) is 5.26 Å². The summed E-state index contributed by atoms with van der Waals surface area (Å²) < 4.78 is 18.3.